The Labute approximate surface area is 169 Å². The van der Waals surface area contributed by atoms with Crippen LogP contribution in [0.4, 0.5) is 5.00 Å². The standard InChI is InChI=1S/C19H18N2O5S2/c1-3-25-19(24)16-12(14-7-5-9-27-14)11-28-17(16)20-15(22)10-26-18(23)13-6-4-8-21(13)2/h4-9,11H,3,10H2,1-2H3,(H,20,22). The fraction of sp³-hybridized carbons (Fsp3) is 0.211. The molecule has 0 aliphatic rings. The Morgan fingerprint density at radius 2 is 1.93 bits per heavy atom. The van der Waals surface area contributed by atoms with Gasteiger partial charge in [-0.1, -0.05) is 6.07 Å². The number of hydrogen-bond donors (Lipinski definition) is 1. The molecule has 0 saturated carbocycles. The smallest absolute Gasteiger partial charge is 0.355 e. The number of aromatic nitrogens is 1. The first kappa shape index (κ1) is 19.8. The van der Waals surface area contributed by atoms with E-state index in [1.165, 1.54) is 22.7 Å². The van der Waals surface area contributed by atoms with Gasteiger partial charge in [-0.05, 0) is 30.5 Å². The number of hydrogen-bond acceptors (Lipinski definition) is 7. The minimum Gasteiger partial charge on any atom is -0.462 e. The van der Waals surface area contributed by atoms with Gasteiger partial charge < -0.3 is 19.4 Å². The Balaban J connectivity index is 1.72. The number of thiophene rings is 2. The summed E-state index contributed by atoms with van der Waals surface area (Å²) in [7, 11) is 1.71. The van der Waals surface area contributed by atoms with Crippen molar-refractivity contribution in [2.45, 2.75) is 6.92 Å². The second-order valence-corrected chi connectivity index (χ2v) is 7.51. The molecule has 1 amide bonds. The number of anilines is 1. The van der Waals surface area contributed by atoms with Gasteiger partial charge in [0, 0.05) is 29.1 Å². The molecule has 3 aromatic rings. The van der Waals surface area contributed by atoms with Crippen LogP contribution >= 0.6 is 22.7 Å². The van der Waals surface area contributed by atoms with E-state index < -0.39 is 24.5 Å². The van der Waals surface area contributed by atoms with Crippen LogP contribution < -0.4 is 5.32 Å². The first-order valence-electron chi connectivity index (χ1n) is 8.42. The number of amides is 1. The topological polar surface area (TPSA) is 86.6 Å². The molecule has 0 spiro atoms. The summed E-state index contributed by atoms with van der Waals surface area (Å²) in [5.41, 5.74) is 1.35. The molecular weight excluding hydrogens is 400 g/mol. The molecule has 1 N–H and O–H groups in total. The molecule has 3 rings (SSSR count). The Morgan fingerprint density at radius 1 is 1.11 bits per heavy atom. The summed E-state index contributed by atoms with van der Waals surface area (Å²) >= 11 is 2.71. The minimum absolute atomic E-state index is 0.222. The largest absolute Gasteiger partial charge is 0.462 e. The monoisotopic (exact) mass is 418 g/mol. The van der Waals surface area contributed by atoms with Crippen molar-refractivity contribution in [2.75, 3.05) is 18.5 Å². The summed E-state index contributed by atoms with van der Waals surface area (Å²) in [6.07, 6.45) is 1.71. The van der Waals surface area contributed by atoms with Gasteiger partial charge in [0.2, 0.25) is 0 Å². The van der Waals surface area contributed by atoms with Crippen LogP contribution in [-0.4, -0.2) is 35.6 Å². The van der Waals surface area contributed by atoms with Crippen LogP contribution in [0.5, 0.6) is 0 Å². The first-order chi connectivity index (χ1) is 13.5. The number of carbonyl (C=O) groups excluding carboxylic acids is 3. The van der Waals surface area contributed by atoms with Crippen molar-refractivity contribution < 1.29 is 23.9 Å². The van der Waals surface area contributed by atoms with E-state index >= 15 is 0 Å². The van der Waals surface area contributed by atoms with Gasteiger partial charge in [-0.3, -0.25) is 4.79 Å². The average Bonchev–Trinajstić information content (AvgIpc) is 3.40. The molecule has 0 radical (unpaired) electrons. The van der Waals surface area contributed by atoms with Crippen LogP contribution in [0.1, 0.15) is 27.8 Å². The fourth-order valence-corrected chi connectivity index (χ4v) is 4.30. The molecule has 28 heavy (non-hydrogen) atoms. The number of ether oxygens (including phenoxy) is 2. The van der Waals surface area contributed by atoms with E-state index in [2.05, 4.69) is 5.32 Å². The SMILES string of the molecule is CCOC(=O)c1c(-c2cccs2)csc1NC(=O)COC(=O)c1cccn1C. The van der Waals surface area contributed by atoms with Crippen molar-refractivity contribution in [1.29, 1.82) is 0 Å². The Bertz CT molecular complexity index is 988. The third-order valence-corrected chi connectivity index (χ3v) is 5.60. The van der Waals surface area contributed by atoms with E-state index in [1.807, 2.05) is 17.5 Å². The predicted molar refractivity (Wildman–Crippen MR) is 108 cm³/mol. The highest BCUT2D eigenvalue weighted by Gasteiger charge is 2.23. The second-order valence-electron chi connectivity index (χ2n) is 5.68. The Kier molecular flexibility index (Phi) is 6.27. The zero-order valence-electron chi connectivity index (χ0n) is 15.3. The summed E-state index contributed by atoms with van der Waals surface area (Å²) in [5, 5.41) is 6.71. The molecule has 0 bridgehead atoms. The predicted octanol–water partition coefficient (Wildman–Crippen LogP) is 3.79. The van der Waals surface area contributed by atoms with E-state index in [0.29, 0.717) is 21.8 Å². The van der Waals surface area contributed by atoms with Crippen LogP contribution in [0.3, 0.4) is 0 Å². The maximum atomic E-state index is 12.4. The summed E-state index contributed by atoms with van der Waals surface area (Å²) < 4.78 is 11.8. The lowest BCUT2D eigenvalue weighted by Gasteiger charge is -2.09. The van der Waals surface area contributed by atoms with Gasteiger partial charge in [0.25, 0.3) is 5.91 Å². The Morgan fingerprint density at radius 3 is 2.57 bits per heavy atom. The van der Waals surface area contributed by atoms with Gasteiger partial charge in [-0.2, -0.15) is 0 Å². The molecule has 0 aromatic carbocycles. The third kappa shape index (κ3) is 4.32. The van der Waals surface area contributed by atoms with E-state index in [9.17, 15) is 14.4 Å². The number of aryl methyl sites for hydroxylation is 1. The van der Waals surface area contributed by atoms with Crippen LogP contribution in [-0.2, 0) is 21.3 Å². The van der Waals surface area contributed by atoms with Gasteiger partial charge >= 0.3 is 11.9 Å². The van der Waals surface area contributed by atoms with E-state index in [1.54, 1.807) is 42.2 Å². The van der Waals surface area contributed by atoms with Crippen molar-refractivity contribution in [3.05, 3.63) is 52.5 Å². The number of rotatable bonds is 7. The van der Waals surface area contributed by atoms with Crippen LogP contribution in [0.25, 0.3) is 10.4 Å². The molecule has 0 fully saturated rings. The highest BCUT2D eigenvalue weighted by Crippen LogP contribution is 2.38. The maximum absolute atomic E-state index is 12.4. The molecule has 0 atom stereocenters. The summed E-state index contributed by atoms with van der Waals surface area (Å²) in [6, 6.07) is 7.09. The molecule has 9 heteroatoms. The van der Waals surface area contributed by atoms with Crippen molar-refractivity contribution in [2.24, 2.45) is 7.05 Å². The molecule has 3 heterocycles. The Hall–Kier alpha value is -2.91. The summed E-state index contributed by atoms with van der Waals surface area (Å²) in [4.78, 5) is 37.6. The molecule has 0 saturated heterocycles. The van der Waals surface area contributed by atoms with Gasteiger partial charge in [0.1, 0.15) is 16.3 Å². The highest BCUT2D eigenvalue weighted by molar-refractivity contribution is 7.17. The van der Waals surface area contributed by atoms with Crippen molar-refractivity contribution in [3.63, 3.8) is 0 Å². The van der Waals surface area contributed by atoms with Crippen LogP contribution in [0.2, 0.25) is 0 Å². The zero-order valence-corrected chi connectivity index (χ0v) is 16.9. The van der Waals surface area contributed by atoms with Crippen molar-refractivity contribution in [3.8, 4) is 10.4 Å². The molecule has 7 nitrogen and oxygen atoms in total. The third-order valence-electron chi connectivity index (χ3n) is 3.80. The quantitative estimate of drug-likeness (QED) is 0.590. The minimum atomic E-state index is -0.598. The highest BCUT2D eigenvalue weighted by atomic mass is 32.1. The normalized spacial score (nSPS) is 10.5. The molecule has 0 unspecified atom stereocenters. The summed E-state index contributed by atoms with van der Waals surface area (Å²) in [5.74, 6) is -1.64. The number of carbonyl (C=O) groups is 3. The molecule has 146 valence electrons. The first-order valence-corrected chi connectivity index (χ1v) is 10.2. The lowest BCUT2D eigenvalue weighted by atomic mass is 10.1. The maximum Gasteiger partial charge on any atom is 0.355 e. The lowest BCUT2D eigenvalue weighted by Crippen LogP contribution is -2.22. The van der Waals surface area contributed by atoms with Crippen molar-refractivity contribution >= 4 is 45.5 Å². The zero-order chi connectivity index (χ0) is 20.1. The van der Waals surface area contributed by atoms with E-state index in [0.717, 1.165) is 4.88 Å². The van der Waals surface area contributed by atoms with Crippen molar-refractivity contribution in [1.82, 2.24) is 4.57 Å². The van der Waals surface area contributed by atoms with Gasteiger partial charge in [-0.15, -0.1) is 22.7 Å². The van der Waals surface area contributed by atoms with Gasteiger partial charge in [0.05, 0.1) is 6.61 Å². The molecule has 0 aliphatic carbocycles. The second kappa shape index (κ2) is 8.85. The van der Waals surface area contributed by atoms with E-state index in [4.69, 9.17) is 9.47 Å². The van der Waals surface area contributed by atoms with Gasteiger partial charge in [0.15, 0.2) is 6.61 Å². The summed E-state index contributed by atoms with van der Waals surface area (Å²) in [6.45, 7) is 1.48. The average molecular weight is 418 g/mol. The van der Waals surface area contributed by atoms with Gasteiger partial charge in [-0.25, -0.2) is 9.59 Å². The lowest BCUT2D eigenvalue weighted by molar-refractivity contribution is -0.119. The number of esters is 2. The fourth-order valence-electron chi connectivity index (χ4n) is 2.51. The molecule has 3 aromatic heterocycles. The number of nitrogens with one attached hydrogen (secondary N) is 1. The number of nitrogens with zero attached hydrogens (tertiary/aromatic N) is 1. The van der Waals surface area contributed by atoms with Crippen LogP contribution in [0.15, 0.2) is 41.2 Å². The van der Waals surface area contributed by atoms with Crippen LogP contribution in [0, 0.1) is 0 Å². The molecule has 0 aliphatic heterocycles. The van der Waals surface area contributed by atoms with E-state index in [-0.39, 0.29) is 6.61 Å². The molecular formula is C19H18N2O5S2.